The predicted octanol–water partition coefficient (Wildman–Crippen LogP) is 1.34. The van der Waals surface area contributed by atoms with Gasteiger partial charge in [0, 0.05) is 36.5 Å². The van der Waals surface area contributed by atoms with Crippen molar-refractivity contribution in [1.29, 1.82) is 0 Å². The molecule has 1 amide bonds. The second-order valence-electron chi connectivity index (χ2n) is 4.10. The molecular formula is C12H19N3O2. The molecule has 94 valence electrons. The van der Waals surface area contributed by atoms with Crippen molar-refractivity contribution in [2.45, 2.75) is 26.4 Å². The summed E-state index contributed by atoms with van der Waals surface area (Å²) in [5.74, 6) is 0.377. The second-order valence-corrected chi connectivity index (χ2v) is 4.10. The number of ether oxygens (including phenoxy) is 1. The fourth-order valence-electron chi connectivity index (χ4n) is 1.39. The van der Waals surface area contributed by atoms with Crippen molar-refractivity contribution >= 4 is 17.3 Å². The first kappa shape index (κ1) is 13.2. The van der Waals surface area contributed by atoms with Gasteiger partial charge in [0.2, 0.25) is 5.91 Å². The molecular weight excluding hydrogens is 218 g/mol. The maximum atomic E-state index is 10.6. The highest BCUT2D eigenvalue weighted by atomic mass is 16.5. The molecule has 0 heterocycles. The number of carbonyl (C=O) groups excluding carboxylic acids is 1. The molecule has 0 unspecified atom stereocenters. The van der Waals surface area contributed by atoms with Gasteiger partial charge in [0.1, 0.15) is 5.75 Å². The van der Waals surface area contributed by atoms with Crippen LogP contribution < -0.4 is 21.5 Å². The van der Waals surface area contributed by atoms with Gasteiger partial charge in [0.05, 0.1) is 6.10 Å². The summed E-state index contributed by atoms with van der Waals surface area (Å²) in [5, 5.41) is 3.07. The quantitative estimate of drug-likeness (QED) is 0.651. The van der Waals surface area contributed by atoms with E-state index >= 15 is 0 Å². The first-order valence-electron chi connectivity index (χ1n) is 5.57. The molecule has 0 radical (unpaired) electrons. The minimum absolute atomic E-state index is 0.0928. The summed E-state index contributed by atoms with van der Waals surface area (Å²) in [5.41, 5.74) is 12.2. The average Bonchev–Trinajstić information content (AvgIpc) is 2.14. The maximum absolute atomic E-state index is 10.6. The number of carbonyl (C=O) groups is 1. The van der Waals surface area contributed by atoms with E-state index in [0.717, 1.165) is 5.69 Å². The summed E-state index contributed by atoms with van der Waals surface area (Å²) >= 11 is 0. The predicted molar refractivity (Wildman–Crippen MR) is 68.9 cm³/mol. The Bertz CT molecular complexity index is 391. The van der Waals surface area contributed by atoms with Crippen LogP contribution in [0.2, 0.25) is 0 Å². The van der Waals surface area contributed by atoms with Crippen LogP contribution in [0, 0.1) is 0 Å². The fraction of sp³-hybridized carbons (Fsp3) is 0.417. The largest absolute Gasteiger partial charge is 0.491 e. The van der Waals surface area contributed by atoms with Crippen molar-refractivity contribution in [2.24, 2.45) is 5.73 Å². The highest BCUT2D eigenvalue weighted by Gasteiger charge is 2.02. The van der Waals surface area contributed by atoms with Crippen LogP contribution >= 0.6 is 0 Å². The molecule has 0 saturated carbocycles. The number of hydrogen-bond acceptors (Lipinski definition) is 4. The summed E-state index contributed by atoms with van der Waals surface area (Å²) in [6.07, 6.45) is 0.380. The van der Waals surface area contributed by atoms with Crippen LogP contribution in [0.1, 0.15) is 20.3 Å². The molecule has 5 heteroatoms. The molecule has 17 heavy (non-hydrogen) atoms. The lowest BCUT2D eigenvalue weighted by atomic mass is 10.2. The Hall–Kier alpha value is -1.91. The third kappa shape index (κ3) is 5.10. The van der Waals surface area contributed by atoms with Crippen molar-refractivity contribution in [3.63, 3.8) is 0 Å². The topological polar surface area (TPSA) is 90.4 Å². The van der Waals surface area contributed by atoms with Crippen molar-refractivity contribution in [2.75, 3.05) is 17.6 Å². The maximum Gasteiger partial charge on any atom is 0.219 e. The minimum Gasteiger partial charge on any atom is -0.491 e. The first-order valence-corrected chi connectivity index (χ1v) is 5.57. The number of rotatable bonds is 6. The van der Waals surface area contributed by atoms with Gasteiger partial charge in [-0.05, 0) is 19.9 Å². The molecule has 0 aromatic heterocycles. The lowest BCUT2D eigenvalue weighted by molar-refractivity contribution is -0.117. The number of benzene rings is 1. The van der Waals surface area contributed by atoms with Crippen molar-refractivity contribution < 1.29 is 9.53 Å². The highest BCUT2D eigenvalue weighted by Crippen LogP contribution is 2.23. The Balaban J connectivity index is 2.65. The zero-order valence-corrected chi connectivity index (χ0v) is 10.2. The molecule has 0 aliphatic heterocycles. The minimum atomic E-state index is -0.333. The number of nitrogen functional groups attached to an aromatic ring is 1. The molecule has 0 saturated heterocycles. The highest BCUT2D eigenvalue weighted by molar-refractivity contribution is 5.74. The van der Waals surface area contributed by atoms with Gasteiger partial charge in [0.25, 0.3) is 0 Å². The number of nitrogens with one attached hydrogen (secondary N) is 1. The summed E-state index contributed by atoms with van der Waals surface area (Å²) < 4.78 is 5.55. The lowest BCUT2D eigenvalue weighted by Crippen LogP contribution is -2.16. The molecule has 0 fully saturated rings. The van der Waals surface area contributed by atoms with E-state index in [1.165, 1.54) is 0 Å². The number of hydrogen-bond donors (Lipinski definition) is 3. The van der Waals surface area contributed by atoms with Gasteiger partial charge in [-0.2, -0.15) is 0 Å². The van der Waals surface area contributed by atoms with E-state index in [-0.39, 0.29) is 18.4 Å². The fourth-order valence-corrected chi connectivity index (χ4v) is 1.39. The van der Waals surface area contributed by atoms with E-state index in [1.807, 2.05) is 19.9 Å². The Kier molecular flexibility index (Phi) is 4.63. The van der Waals surface area contributed by atoms with Gasteiger partial charge in [-0.15, -0.1) is 0 Å². The third-order valence-electron chi connectivity index (χ3n) is 2.00. The van der Waals surface area contributed by atoms with E-state index < -0.39 is 0 Å². The van der Waals surface area contributed by atoms with Gasteiger partial charge < -0.3 is 21.5 Å². The monoisotopic (exact) mass is 237 g/mol. The second kappa shape index (κ2) is 5.98. The van der Waals surface area contributed by atoms with Gasteiger partial charge in [-0.3, -0.25) is 4.79 Å². The summed E-state index contributed by atoms with van der Waals surface area (Å²) in [4.78, 5) is 10.6. The Morgan fingerprint density at radius 3 is 2.71 bits per heavy atom. The molecule has 0 bridgehead atoms. The van der Waals surface area contributed by atoms with Crippen molar-refractivity contribution in [3.05, 3.63) is 18.2 Å². The molecule has 1 aromatic rings. The third-order valence-corrected chi connectivity index (χ3v) is 2.00. The van der Waals surface area contributed by atoms with Gasteiger partial charge >= 0.3 is 0 Å². The van der Waals surface area contributed by atoms with E-state index in [9.17, 15) is 4.79 Å². The van der Waals surface area contributed by atoms with Crippen molar-refractivity contribution in [1.82, 2.24) is 0 Å². The standard InChI is InChI=1S/C12H19N3O2/c1-8(2)17-11-6-9(13)5-10(7-11)15-4-3-12(14)16/h5-8,15H,3-4,13H2,1-2H3,(H2,14,16). The Labute approximate surface area is 101 Å². The summed E-state index contributed by atoms with van der Waals surface area (Å²) in [6, 6.07) is 5.39. The van der Waals surface area contributed by atoms with Gasteiger partial charge in [-0.1, -0.05) is 0 Å². The average molecular weight is 237 g/mol. The van der Waals surface area contributed by atoms with Crippen LogP contribution in [-0.2, 0) is 4.79 Å². The molecule has 5 N–H and O–H groups in total. The van der Waals surface area contributed by atoms with Crippen LogP contribution in [0.15, 0.2) is 18.2 Å². The smallest absolute Gasteiger partial charge is 0.219 e. The molecule has 5 nitrogen and oxygen atoms in total. The van der Waals surface area contributed by atoms with Crippen LogP contribution in [-0.4, -0.2) is 18.6 Å². The lowest BCUT2D eigenvalue weighted by Gasteiger charge is -2.13. The summed E-state index contributed by atoms with van der Waals surface area (Å²) in [7, 11) is 0. The normalized spacial score (nSPS) is 10.3. The molecule has 0 spiro atoms. The van der Waals surface area contributed by atoms with Crippen molar-refractivity contribution in [3.8, 4) is 5.75 Å². The SMILES string of the molecule is CC(C)Oc1cc(N)cc(NCCC(N)=O)c1. The zero-order valence-electron chi connectivity index (χ0n) is 10.2. The molecule has 0 aliphatic rings. The van der Waals surface area contributed by atoms with Gasteiger partial charge in [0.15, 0.2) is 0 Å². The van der Waals surface area contributed by atoms with Crippen LogP contribution in [0.3, 0.4) is 0 Å². The zero-order chi connectivity index (χ0) is 12.8. The van der Waals surface area contributed by atoms with E-state index in [2.05, 4.69) is 5.32 Å². The van der Waals surface area contributed by atoms with Crippen LogP contribution in [0.5, 0.6) is 5.75 Å². The molecule has 0 atom stereocenters. The first-order chi connectivity index (χ1) is 7.97. The van der Waals surface area contributed by atoms with Crippen LogP contribution in [0.25, 0.3) is 0 Å². The molecule has 1 rings (SSSR count). The van der Waals surface area contributed by atoms with Gasteiger partial charge in [-0.25, -0.2) is 0 Å². The molecule has 0 aliphatic carbocycles. The van der Waals surface area contributed by atoms with E-state index in [0.29, 0.717) is 18.0 Å². The Morgan fingerprint density at radius 1 is 1.41 bits per heavy atom. The number of anilines is 2. The summed E-state index contributed by atoms with van der Waals surface area (Å²) in [6.45, 7) is 4.38. The molecule has 1 aromatic carbocycles. The van der Waals surface area contributed by atoms with E-state index in [1.54, 1.807) is 12.1 Å². The number of amides is 1. The number of nitrogens with two attached hydrogens (primary N) is 2. The van der Waals surface area contributed by atoms with E-state index in [4.69, 9.17) is 16.2 Å². The Morgan fingerprint density at radius 2 is 2.12 bits per heavy atom. The van der Waals surface area contributed by atoms with Crippen LogP contribution in [0.4, 0.5) is 11.4 Å². The number of primary amides is 1.